The highest BCUT2D eigenvalue weighted by molar-refractivity contribution is 6.00. The number of aliphatic hydroxyl groups is 1. The fourth-order valence-corrected chi connectivity index (χ4v) is 2.06. The van der Waals surface area contributed by atoms with Gasteiger partial charge in [0.1, 0.15) is 11.4 Å². The number of carbonyl (C=O) groups excluding carboxylic acids is 1. The average molecular weight is 262 g/mol. The summed E-state index contributed by atoms with van der Waals surface area (Å²) >= 11 is 0. The lowest BCUT2D eigenvalue weighted by molar-refractivity contribution is 0.0916. The van der Waals surface area contributed by atoms with Crippen LogP contribution in [-0.4, -0.2) is 35.3 Å². The van der Waals surface area contributed by atoms with Gasteiger partial charge in [0.25, 0.3) is 5.91 Å². The van der Waals surface area contributed by atoms with Gasteiger partial charge in [0.2, 0.25) is 0 Å². The molecule has 102 valence electrons. The molecule has 0 saturated heterocycles. The summed E-state index contributed by atoms with van der Waals surface area (Å²) in [6.45, 7) is 1.86. The first-order chi connectivity index (χ1) is 9.04. The maximum Gasteiger partial charge on any atom is 0.268 e. The molecule has 0 bridgehead atoms. The van der Waals surface area contributed by atoms with Crippen LogP contribution < -0.4 is 10.1 Å². The minimum atomic E-state index is -0.562. The van der Waals surface area contributed by atoms with Gasteiger partial charge in [-0.25, -0.2) is 0 Å². The zero-order valence-electron chi connectivity index (χ0n) is 11.3. The molecule has 0 spiro atoms. The molecule has 1 unspecified atom stereocenters. The molecule has 5 nitrogen and oxygen atoms in total. The van der Waals surface area contributed by atoms with Crippen molar-refractivity contribution >= 4 is 16.8 Å². The predicted molar refractivity (Wildman–Crippen MR) is 73.5 cm³/mol. The van der Waals surface area contributed by atoms with Gasteiger partial charge < -0.3 is 19.7 Å². The number of ether oxygens (including phenoxy) is 1. The van der Waals surface area contributed by atoms with Gasteiger partial charge in [-0.15, -0.1) is 0 Å². The van der Waals surface area contributed by atoms with E-state index in [0.717, 1.165) is 16.7 Å². The summed E-state index contributed by atoms with van der Waals surface area (Å²) in [5.41, 5.74) is 1.47. The average Bonchev–Trinajstić information content (AvgIpc) is 2.73. The lowest BCUT2D eigenvalue weighted by atomic mass is 10.2. The van der Waals surface area contributed by atoms with E-state index in [1.807, 2.05) is 29.8 Å². The minimum Gasteiger partial charge on any atom is -0.496 e. The summed E-state index contributed by atoms with van der Waals surface area (Å²) < 4.78 is 7.10. The molecule has 0 aliphatic heterocycles. The quantitative estimate of drug-likeness (QED) is 0.873. The number of nitrogens with zero attached hydrogens (tertiary/aromatic N) is 1. The zero-order valence-corrected chi connectivity index (χ0v) is 11.3. The van der Waals surface area contributed by atoms with Crippen molar-refractivity contribution in [1.29, 1.82) is 0 Å². The van der Waals surface area contributed by atoms with E-state index in [-0.39, 0.29) is 12.5 Å². The third-order valence-electron chi connectivity index (χ3n) is 3.06. The highest BCUT2D eigenvalue weighted by atomic mass is 16.5. The minimum absolute atomic E-state index is 0.207. The Morgan fingerprint density at radius 1 is 1.53 bits per heavy atom. The van der Waals surface area contributed by atoms with Crippen molar-refractivity contribution in [3.05, 3.63) is 30.0 Å². The number of aliphatic hydroxyl groups excluding tert-OH is 1. The van der Waals surface area contributed by atoms with Crippen molar-refractivity contribution < 1.29 is 14.6 Å². The van der Waals surface area contributed by atoms with Crippen molar-refractivity contribution in [2.45, 2.75) is 13.0 Å². The highest BCUT2D eigenvalue weighted by Crippen LogP contribution is 2.27. The number of methoxy groups -OCH3 is 1. The lowest BCUT2D eigenvalue weighted by Crippen LogP contribution is -2.31. The molecule has 2 N–H and O–H groups in total. The van der Waals surface area contributed by atoms with Crippen LogP contribution in [0.1, 0.15) is 17.4 Å². The Hall–Kier alpha value is -2.01. The molecule has 2 aromatic rings. The van der Waals surface area contributed by atoms with Gasteiger partial charge in [-0.1, -0.05) is 6.07 Å². The van der Waals surface area contributed by atoms with Gasteiger partial charge in [-0.3, -0.25) is 4.79 Å². The summed E-state index contributed by atoms with van der Waals surface area (Å²) in [4.78, 5) is 12.1. The number of rotatable bonds is 4. The van der Waals surface area contributed by atoms with E-state index in [9.17, 15) is 9.90 Å². The number of nitrogens with one attached hydrogen (secondary N) is 1. The Labute approximate surface area is 111 Å². The summed E-state index contributed by atoms with van der Waals surface area (Å²) in [6, 6.07) is 7.48. The number of aryl methyl sites for hydroxylation is 1. The van der Waals surface area contributed by atoms with E-state index in [0.29, 0.717) is 5.69 Å². The molecule has 2 rings (SSSR count). The van der Waals surface area contributed by atoms with E-state index in [1.54, 1.807) is 20.1 Å². The first-order valence-corrected chi connectivity index (χ1v) is 6.13. The fraction of sp³-hybridized carbons (Fsp3) is 0.357. The van der Waals surface area contributed by atoms with E-state index >= 15 is 0 Å². The first-order valence-electron chi connectivity index (χ1n) is 6.13. The third-order valence-corrected chi connectivity index (χ3v) is 3.06. The molecule has 0 aliphatic carbocycles. The molecule has 0 fully saturated rings. The van der Waals surface area contributed by atoms with Crippen LogP contribution in [0.5, 0.6) is 5.75 Å². The van der Waals surface area contributed by atoms with E-state index < -0.39 is 6.10 Å². The van der Waals surface area contributed by atoms with E-state index in [1.165, 1.54) is 0 Å². The van der Waals surface area contributed by atoms with Crippen LogP contribution in [-0.2, 0) is 7.05 Å². The smallest absolute Gasteiger partial charge is 0.268 e. The summed E-state index contributed by atoms with van der Waals surface area (Å²) in [5, 5.41) is 12.8. The molecule has 1 heterocycles. The van der Waals surface area contributed by atoms with E-state index in [2.05, 4.69) is 5.32 Å². The van der Waals surface area contributed by atoms with Crippen LogP contribution in [0.2, 0.25) is 0 Å². The summed E-state index contributed by atoms with van der Waals surface area (Å²) in [6.07, 6.45) is -0.562. The van der Waals surface area contributed by atoms with Gasteiger partial charge in [0, 0.05) is 19.0 Å². The standard InChI is InChI=1S/C14H18N2O3/c1-9(17)8-15-14(18)12-7-10-11(16(12)2)5-4-6-13(10)19-3/h4-7,9,17H,8H2,1-3H3,(H,15,18). The zero-order chi connectivity index (χ0) is 14.0. The van der Waals surface area contributed by atoms with Crippen LogP contribution in [0, 0.1) is 0 Å². The number of fused-ring (bicyclic) bond motifs is 1. The Kier molecular flexibility index (Phi) is 3.76. The van der Waals surface area contributed by atoms with Gasteiger partial charge in [-0.2, -0.15) is 0 Å². The fourth-order valence-electron chi connectivity index (χ4n) is 2.06. The van der Waals surface area contributed by atoms with Crippen molar-refractivity contribution in [1.82, 2.24) is 9.88 Å². The summed E-state index contributed by atoms with van der Waals surface area (Å²) in [7, 11) is 3.44. The van der Waals surface area contributed by atoms with Gasteiger partial charge in [0.15, 0.2) is 0 Å². The monoisotopic (exact) mass is 262 g/mol. The normalized spacial score (nSPS) is 12.4. The van der Waals surface area contributed by atoms with Crippen molar-refractivity contribution in [3.8, 4) is 5.75 Å². The predicted octanol–water partition coefficient (Wildman–Crippen LogP) is 1.30. The molecule has 5 heteroatoms. The molecule has 0 aliphatic rings. The van der Waals surface area contributed by atoms with Crippen molar-refractivity contribution in [3.63, 3.8) is 0 Å². The second-order valence-corrected chi connectivity index (χ2v) is 4.54. The lowest BCUT2D eigenvalue weighted by Gasteiger charge is -2.07. The van der Waals surface area contributed by atoms with Crippen molar-refractivity contribution in [2.24, 2.45) is 7.05 Å². The largest absolute Gasteiger partial charge is 0.496 e. The molecular weight excluding hydrogens is 244 g/mol. The molecule has 0 radical (unpaired) electrons. The Bertz CT molecular complexity index is 602. The Morgan fingerprint density at radius 2 is 2.26 bits per heavy atom. The maximum absolute atomic E-state index is 12.1. The number of hydrogen-bond donors (Lipinski definition) is 2. The number of aromatic nitrogens is 1. The number of carbonyl (C=O) groups is 1. The van der Waals surface area contributed by atoms with Crippen molar-refractivity contribution in [2.75, 3.05) is 13.7 Å². The molecule has 1 amide bonds. The third kappa shape index (κ3) is 2.56. The number of amides is 1. The topological polar surface area (TPSA) is 63.5 Å². The molecule has 19 heavy (non-hydrogen) atoms. The SMILES string of the molecule is COc1cccc2c1cc(C(=O)NCC(C)O)n2C. The van der Waals surface area contributed by atoms with Gasteiger partial charge in [-0.05, 0) is 25.1 Å². The maximum atomic E-state index is 12.1. The van der Waals surface area contributed by atoms with Crippen LogP contribution in [0.15, 0.2) is 24.3 Å². The molecule has 1 aromatic heterocycles. The Balaban J connectivity index is 2.39. The second-order valence-electron chi connectivity index (χ2n) is 4.54. The van der Waals surface area contributed by atoms with Crippen LogP contribution >= 0.6 is 0 Å². The van der Waals surface area contributed by atoms with Crippen LogP contribution in [0.4, 0.5) is 0 Å². The van der Waals surface area contributed by atoms with Crippen LogP contribution in [0.3, 0.4) is 0 Å². The first kappa shape index (κ1) is 13.4. The molecular formula is C14H18N2O3. The van der Waals surface area contributed by atoms with E-state index in [4.69, 9.17) is 4.74 Å². The van der Waals surface area contributed by atoms with Gasteiger partial charge >= 0.3 is 0 Å². The molecule has 0 saturated carbocycles. The number of benzene rings is 1. The molecule has 1 atom stereocenters. The van der Waals surface area contributed by atoms with Gasteiger partial charge in [0.05, 0.1) is 18.7 Å². The summed E-state index contributed by atoms with van der Waals surface area (Å²) in [5.74, 6) is 0.532. The highest BCUT2D eigenvalue weighted by Gasteiger charge is 2.15. The van der Waals surface area contributed by atoms with Crippen LogP contribution in [0.25, 0.3) is 10.9 Å². The second kappa shape index (κ2) is 5.32. The number of hydrogen-bond acceptors (Lipinski definition) is 3. The Morgan fingerprint density at radius 3 is 2.89 bits per heavy atom. The molecule has 1 aromatic carbocycles.